The van der Waals surface area contributed by atoms with Crippen molar-refractivity contribution in [1.29, 1.82) is 0 Å². The zero-order chi connectivity index (χ0) is 20.0. The van der Waals surface area contributed by atoms with Crippen molar-refractivity contribution in [1.82, 2.24) is 4.31 Å². The SMILES string of the molecule is CCOc1ccccc1NC(=O)c1cccc(S(=O)(=O)N2CCCCCC2)c1. The minimum atomic E-state index is -3.60. The molecule has 1 heterocycles. The Kier molecular flexibility index (Phi) is 6.70. The lowest BCUT2D eigenvalue weighted by Crippen LogP contribution is -2.32. The third-order valence-corrected chi connectivity index (χ3v) is 6.63. The summed E-state index contributed by atoms with van der Waals surface area (Å²) in [6.45, 7) is 3.41. The minimum absolute atomic E-state index is 0.153. The number of carbonyl (C=O) groups excluding carboxylic acids is 1. The highest BCUT2D eigenvalue weighted by Gasteiger charge is 2.25. The molecule has 1 amide bonds. The first kappa shape index (κ1) is 20.4. The van der Waals surface area contributed by atoms with Crippen LogP contribution in [0.2, 0.25) is 0 Å². The number of carbonyl (C=O) groups is 1. The zero-order valence-electron chi connectivity index (χ0n) is 16.1. The minimum Gasteiger partial charge on any atom is -0.492 e. The molecule has 0 aliphatic carbocycles. The van der Waals surface area contributed by atoms with Crippen LogP contribution in [0.25, 0.3) is 0 Å². The number of ether oxygens (including phenoxy) is 1. The molecule has 0 saturated carbocycles. The third-order valence-electron chi connectivity index (χ3n) is 4.73. The number of hydrogen-bond donors (Lipinski definition) is 1. The lowest BCUT2D eigenvalue weighted by Gasteiger charge is -2.20. The second kappa shape index (κ2) is 9.21. The van der Waals surface area contributed by atoms with Crippen LogP contribution in [-0.2, 0) is 10.0 Å². The van der Waals surface area contributed by atoms with E-state index in [0.717, 1.165) is 25.7 Å². The van der Waals surface area contributed by atoms with Crippen LogP contribution >= 0.6 is 0 Å². The molecule has 2 aromatic rings. The van der Waals surface area contributed by atoms with Crippen LogP contribution in [-0.4, -0.2) is 38.3 Å². The molecule has 0 bridgehead atoms. The Bertz CT molecular complexity index is 920. The van der Waals surface area contributed by atoms with E-state index in [1.54, 1.807) is 36.4 Å². The topological polar surface area (TPSA) is 75.7 Å². The standard InChI is InChI=1S/C21H26N2O4S/c1-2-27-20-13-6-5-12-19(20)22-21(24)17-10-9-11-18(16-17)28(25,26)23-14-7-3-4-8-15-23/h5-6,9-13,16H,2-4,7-8,14-15H2,1H3,(H,22,24). The maximum atomic E-state index is 13.0. The number of benzene rings is 2. The van der Waals surface area contributed by atoms with Crippen molar-refractivity contribution < 1.29 is 17.9 Å². The summed E-state index contributed by atoms with van der Waals surface area (Å²) in [4.78, 5) is 12.9. The van der Waals surface area contributed by atoms with Gasteiger partial charge in [-0.2, -0.15) is 4.31 Å². The van der Waals surface area contributed by atoms with Crippen LogP contribution in [0.1, 0.15) is 43.0 Å². The largest absolute Gasteiger partial charge is 0.492 e. The van der Waals surface area contributed by atoms with Crippen LogP contribution in [0.3, 0.4) is 0 Å². The molecule has 0 radical (unpaired) electrons. The summed E-state index contributed by atoms with van der Waals surface area (Å²) in [6.07, 6.45) is 3.84. The van der Waals surface area contributed by atoms with E-state index in [-0.39, 0.29) is 10.8 Å². The molecule has 2 aromatic carbocycles. The van der Waals surface area contributed by atoms with Gasteiger partial charge in [0.05, 0.1) is 17.2 Å². The van der Waals surface area contributed by atoms with Crippen molar-refractivity contribution in [2.75, 3.05) is 25.0 Å². The summed E-state index contributed by atoms with van der Waals surface area (Å²) in [5.74, 6) is 0.201. The Morgan fingerprint density at radius 1 is 1.04 bits per heavy atom. The van der Waals surface area contributed by atoms with Crippen LogP contribution < -0.4 is 10.1 Å². The molecule has 1 saturated heterocycles. The van der Waals surface area contributed by atoms with Crippen molar-refractivity contribution in [2.45, 2.75) is 37.5 Å². The molecule has 7 heteroatoms. The quantitative estimate of drug-likeness (QED) is 0.795. The molecule has 0 atom stereocenters. The molecule has 1 N–H and O–H groups in total. The Labute approximate surface area is 166 Å². The van der Waals surface area contributed by atoms with Gasteiger partial charge >= 0.3 is 0 Å². The first-order valence-corrected chi connectivity index (χ1v) is 11.1. The number of rotatable bonds is 6. The van der Waals surface area contributed by atoms with Gasteiger partial charge in [-0.05, 0) is 50.1 Å². The fourth-order valence-corrected chi connectivity index (χ4v) is 4.84. The molecule has 150 valence electrons. The van der Waals surface area contributed by atoms with Gasteiger partial charge < -0.3 is 10.1 Å². The van der Waals surface area contributed by atoms with Crippen molar-refractivity contribution in [3.05, 3.63) is 54.1 Å². The number of nitrogens with one attached hydrogen (secondary N) is 1. The van der Waals surface area contributed by atoms with Crippen LogP contribution in [0.4, 0.5) is 5.69 Å². The predicted molar refractivity (Wildman–Crippen MR) is 109 cm³/mol. The summed E-state index contributed by atoms with van der Waals surface area (Å²) in [5.41, 5.74) is 0.845. The monoisotopic (exact) mass is 402 g/mol. The summed E-state index contributed by atoms with van der Waals surface area (Å²) in [5, 5.41) is 2.81. The van der Waals surface area contributed by atoms with Crippen LogP contribution in [0, 0.1) is 0 Å². The lowest BCUT2D eigenvalue weighted by atomic mass is 10.2. The summed E-state index contributed by atoms with van der Waals surface area (Å²) >= 11 is 0. The van der Waals surface area contributed by atoms with Gasteiger partial charge in [0.25, 0.3) is 5.91 Å². The van der Waals surface area contributed by atoms with E-state index in [4.69, 9.17) is 4.74 Å². The van der Waals surface area contributed by atoms with Crippen molar-refractivity contribution >= 4 is 21.6 Å². The molecule has 1 aliphatic heterocycles. The number of amides is 1. The van der Waals surface area contributed by atoms with E-state index in [9.17, 15) is 13.2 Å². The normalized spacial score (nSPS) is 15.6. The van der Waals surface area contributed by atoms with Gasteiger partial charge in [0.15, 0.2) is 0 Å². The Balaban J connectivity index is 1.82. The first-order valence-electron chi connectivity index (χ1n) is 9.66. The summed E-state index contributed by atoms with van der Waals surface area (Å²) in [6, 6.07) is 13.4. The highest BCUT2D eigenvalue weighted by Crippen LogP contribution is 2.25. The molecule has 28 heavy (non-hydrogen) atoms. The maximum absolute atomic E-state index is 13.0. The van der Waals surface area contributed by atoms with Gasteiger partial charge in [-0.15, -0.1) is 0 Å². The number of sulfonamides is 1. The molecule has 1 aliphatic rings. The molecule has 6 nitrogen and oxygen atoms in total. The van der Waals surface area contributed by atoms with Gasteiger partial charge in [0.1, 0.15) is 5.75 Å². The summed E-state index contributed by atoms with van der Waals surface area (Å²) < 4.78 is 33.0. The van der Waals surface area contributed by atoms with Gasteiger partial charge in [0.2, 0.25) is 10.0 Å². The van der Waals surface area contributed by atoms with Gasteiger partial charge in [0, 0.05) is 18.7 Å². The van der Waals surface area contributed by atoms with Gasteiger partial charge in [-0.3, -0.25) is 4.79 Å². The number of para-hydroxylation sites is 2. The molecular weight excluding hydrogens is 376 g/mol. The molecule has 0 unspecified atom stereocenters. The molecule has 0 spiro atoms. The molecule has 1 fully saturated rings. The average Bonchev–Trinajstić information content (AvgIpc) is 3.00. The van der Waals surface area contributed by atoms with Gasteiger partial charge in [-0.1, -0.05) is 31.0 Å². The Morgan fingerprint density at radius 3 is 2.46 bits per heavy atom. The molecular formula is C21H26N2O4S. The third kappa shape index (κ3) is 4.72. The first-order chi connectivity index (χ1) is 13.5. The molecule has 0 aromatic heterocycles. The van der Waals surface area contributed by atoms with E-state index in [1.165, 1.54) is 10.4 Å². The summed E-state index contributed by atoms with van der Waals surface area (Å²) in [7, 11) is -3.60. The van der Waals surface area contributed by atoms with Crippen molar-refractivity contribution in [3.8, 4) is 5.75 Å². The second-order valence-electron chi connectivity index (χ2n) is 6.73. The highest BCUT2D eigenvalue weighted by atomic mass is 32.2. The number of hydrogen-bond acceptors (Lipinski definition) is 4. The molecule has 3 rings (SSSR count). The van der Waals surface area contributed by atoms with Crippen molar-refractivity contribution in [3.63, 3.8) is 0 Å². The van der Waals surface area contributed by atoms with Crippen LogP contribution in [0.5, 0.6) is 5.75 Å². The van der Waals surface area contributed by atoms with Crippen molar-refractivity contribution in [2.24, 2.45) is 0 Å². The smallest absolute Gasteiger partial charge is 0.255 e. The van der Waals surface area contributed by atoms with E-state index in [2.05, 4.69) is 5.32 Å². The highest BCUT2D eigenvalue weighted by molar-refractivity contribution is 7.89. The maximum Gasteiger partial charge on any atom is 0.255 e. The van der Waals surface area contributed by atoms with E-state index in [1.807, 2.05) is 13.0 Å². The van der Waals surface area contributed by atoms with E-state index in [0.29, 0.717) is 36.7 Å². The fourth-order valence-electron chi connectivity index (χ4n) is 3.27. The predicted octanol–water partition coefficient (Wildman–Crippen LogP) is 3.90. The zero-order valence-corrected chi connectivity index (χ0v) is 16.9. The second-order valence-corrected chi connectivity index (χ2v) is 8.67. The van der Waals surface area contributed by atoms with E-state index >= 15 is 0 Å². The van der Waals surface area contributed by atoms with Gasteiger partial charge in [-0.25, -0.2) is 8.42 Å². The Morgan fingerprint density at radius 2 is 1.75 bits per heavy atom. The number of nitrogens with zero attached hydrogens (tertiary/aromatic N) is 1. The van der Waals surface area contributed by atoms with Crippen LogP contribution in [0.15, 0.2) is 53.4 Å². The lowest BCUT2D eigenvalue weighted by molar-refractivity contribution is 0.102. The number of anilines is 1. The fraction of sp³-hybridized carbons (Fsp3) is 0.381. The Hall–Kier alpha value is -2.38. The van der Waals surface area contributed by atoms with E-state index < -0.39 is 10.0 Å². The average molecular weight is 403 g/mol.